The highest BCUT2D eigenvalue weighted by Crippen LogP contribution is 2.33. The van der Waals surface area contributed by atoms with Crippen molar-refractivity contribution < 1.29 is 14.6 Å². The van der Waals surface area contributed by atoms with E-state index in [-0.39, 0.29) is 0 Å². The lowest BCUT2D eigenvalue weighted by Gasteiger charge is -2.15. The van der Waals surface area contributed by atoms with Crippen molar-refractivity contribution in [3.05, 3.63) is 66.5 Å². The smallest absolute Gasteiger partial charge is 0.162 e. The van der Waals surface area contributed by atoms with Crippen LogP contribution in [0.25, 0.3) is 21.7 Å². The third-order valence-electron chi connectivity index (χ3n) is 4.76. The maximum absolute atomic E-state index is 10.6. The zero-order chi connectivity index (χ0) is 19.5. The predicted octanol–water partition coefficient (Wildman–Crippen LogP) is 3.95. The molecule has 0 fully saturated rings. The molecule has 28 heavy (non-hydrogen) atoms. The number of nitrogens with zero attached hydrogens (tertiary/aromatic N) is 2. The summed E-state index contributed by atoms with van der Waals surface area (Å²) in [6, 6.07) is 17.7. The Morgan fingerprint density at radius 3 is 2.46 bits per heavy atom. The average Bonchev–Trinajstić information content (AvgIpc) is 2.75. The normalized spacial score (nSPS) is 12.1. The number of ether oxygens (including phenoxy) is 2. The Morgan fingerprint density at radius 1 is 0.929 bits per heavy atom. The summed E-state index contributed by atoms with van der Waals surface area (Å²) < 4.78 is 10.7. The van der Waals surface area contributed by atoms with Gasteiger partial charge in [-0.15, -0.1) is 0 Å². The van der Waals surface area contributed by atoms with Crippen molar-refractivity contribution in [3.8, 4) is 11.5 Å². The number of hydrogen-bond acceptors (Lipinski definition) is 6. The zero-order valence-corrected chi connectivity index (χ0v) is 15.7. The molecule has 0 saturated heterocycles. The molecule has 0 radical (unpaired) electrons. The molecule has 142 valence electrons. The minimum Gasteiger partial charge on any atom is -0.493 e. The van der Waals surface area contributed by atoms with E-state index in [1.54, 1.807) is 20.3 Å². The average molecular weight is 375 g/mol. The number of methoxy groups -OCH3 is 2. The number of hydrogen-bond donors (Lipinski definition) is 2. The fraction of sp³-hybridized carbons (Fsp3) is 0.182. The topological polar surface area (TPSA) is 76.5 Å². The van der Waals surface area contributed by atoms with Gasteiger partial charge < -0.3 is 19.9 Å². The van der Waals surface area contributed by atoms with Crippen LogP contribution in [0.5, 0.6) is 11.5 Å². The van der Waals surface area contributed by atoms with Crippen molar-refractivity contribution in [3.63, 3.8) is 0 Å². The lowest BCUT2D eigenvalue weighted by atomic mass is 10.0. The highest BCUT2D eigenvalue weighted by atomic mass is 16.5. The quantitative estimate of drug-likeness (QED) is 0.531. The van der Waals surface area contributed by atoms with E-state index in [9.17, 15) is 5.11 Å². The second kappa shape index (κ2) is 7.70. The molecule has 0 aliphatic heterocycles. The van der Waals surface area contributed by atoms with E-state index in [1.165, 1.54) is 6.33 Å². The number of aliphatic hydroxyl groups is 1. The van der Waals surface area contributed by atoms with Crippen LogP contribution in [0.2, 0.25) is 0 Å². The summed E-state index contributed by atoms with van der Waals surface area (Å²) in [7, 11) is 3.17. The van der Waals surface area contributed by atoms with Gasteiger partial charge in [0.25, 0.3) is 0 Å². The van der Waals surface area contributed by atoms with E-state index in [4.69, 9.17) is 9.47 Å². The van der Waals surface area contributed by atoms with Gasteiger partial charge in [-0.2, -0.15) is 0 Å². The molecule has 4 aromatic rings. The third kappa shape index (κ3) is 3.42. The summed E-state index contributed by atoms with van der Waals surface area (Å²) in [5, 5.41) is 16.9. The largest absolute Gasteiger partial charge is 0.493 e. The summed E-state index contributed by atoms with van der Waals surface area (Å²) in [5.41, 5.74) is 1.58. The second-order valence-electron chi connectivity index (χ2n) is 6.45. The van der Waals surface area contributed by atoms with Gasteiger partial charge >= 0.3 is 0 Å². The fourth-order valence-electron chi connectivity index (χ4n) is 3.25. The van der Waals surface area contributed by atoms with Crippen LogP contribution in [0.3, 0.4) is 0 Å². The van der Waals surface area contributed by atoms with Gasteiger partial charge in [0.05, 0.1) is 25.8 Å². The monoisotopic (exact) mass is 375 g/mol. The molecule has 6 heteroatoms. The third-order valence-corrected chi connectivity index (χ3v) is 4.76. The van der Waals surface area contributed by atoms with E-state index in [0.717, 1.165) is 27.2 Å². The molecular formula is C22H21N3O3. The summed E-state index contributed by atoms with van der Waals surface area (Å²) in [5.74, 6) is 1.84. The van der Waals surface area contributed by atoms with Crippen LogP contribution in [0.1, 0.15) is 11.7 Å². The number of aliphatic hydroxyl groups excluding tert-OH is 1. The molecule has 0 saturated carbocycles. The van der Waals surface area contributed by atoms with E-state index in [2.05, 4.69) is 21.4 Å². The number of nitrogens with one attached hydrogen (secondary N) is 1. The Hall–Kier alpha value is -3.38. The molecule has 0 aliphatic rings. The molecule has 4 rings (SSSR count). The van der Waals surface area contributed by atoms with Crippen LogP contribution >= 0.6 is 0 Å². The Kier molecular flexibility index (Phi) is 4.95. The van der Waals surface area contributed by atoms with Crippen LogP contribution in [0.15, 0.2) is 60.9 Å². The first kappa shape index (κ1) is 18.0. The minimum atomic E-state index is -0.672. The Balaban J connectivity index is 1.59. The van der Waals surface area contributed by atoms with Crippen molar-refractivity contribution in [2.24, 2.45) is 0 Å². The summed E-state index contributed by atoms with van der Waals surface area (Å²) >= 11 is 0. The molecule has 0 amide bonds. The first-order valence-corrected chi connectivity index (χ1v) is 8.97. The molecule has 0 unspecified atom stereocenters. The number of anilines is 1. The van der Waals surface area contributed by atoms with Gasteiger partial charge in [0.2, 0.25) is 0 Å². The molecule has 1 heterocycles. The first-order valence-electron chi connectivity index (χ1n) is 8.97. The molecule has 0 spiro atoms. The number of benzene rings is 3. The maximum atomic E-state index is 10.6. The van der Waals surface area contributed by atoms with Crippen LogP contribution in [0, 0.1) is 0 Å². The Labute approximate surface area is 162 Å². The van der Waals surface area contributed by atoms with Crippen LogP contribution < -0.4 is 14.8 Å². The predicted molar refractivity (Wildman–Crippen MR) is 110 cm³/mol. The highest BCUT2D eigenvalue weighted by molar-refractivity contribution is 5.91. The van der Waals surface area contributed by atoms with E-state index in [1.807, 2.05) is 42.5 Å². The fourth-order valence-corrected chi connectivity index (χ4v) is 3.25. The lowest BCUT2D eigenvalue weighted by molar-refractivity contribution is 0.191. The maximum Gasteiger partial charge on any atom is 0.162 e. The van der Waals surface area contributed by atoms with Crippen molar-refractivity contribution in [1.29, 1.82) is 0 Å². The zero-order valence-electron chi connectivity index (χ0n) is 15.7. The van der Waals surface area contributed by atoms with E-state index >= 15 is 0 Å². The number of rotatable bonds is 6. The standard InChI is InChI=1S/C22H21N3O3/c1-27-20-10-17-18(11-21(20)28-2)24-13-25-22(17)23-12-19(26)16-8-7-14-5-3-4-6-15(14)9-16/h3-11,13,19,26H,12H2,1-2H3,(H,23,24,25)/t19-/m1/s1. The molecule has 0 aliphatic carbocycles. The van der Waals surface area contributed by atoms with Crippen molar-refractivity contribution in [2.75, 3.05) is 26.1 Å². The van der Waals surface area contributed by atoms with Gasteiger partial charge in [0.1, 0.15) is 12.1 Å². The first-order chi connectivity index (χ1) is 13.7. The highest BCUT2D eigenvalue weighted by Gasteiger charge is 2.13. The Bertz CT molecular complexity index is 1130. The lowest BCUT2D eigenvalue weighted by Crippen LogP contribution is -2.13. The summed E-state index contributed by atoms with van der Waals surface area (Å²) in [6.07, 6.45) is 0.814. The van der Waals surface area contributed by atoms with Gasteiger partial charge in [0.15, 0.2) is 11.5 Å². The van der Waals surface area contributed by atoms with Gasteiger partial charge in [-0.1, -0.05) is 36.4 Å². The van der Waals surface area contributed by atoms with Crippen LogP contribution in [-0.2, 0) is 0 Å². The van der Waals surface area contributed by atoms with E-state index < -0.39 is 6.10 Å². The van der Waals surface area contributed by atoms with Crippen molar-refractivity contribution in [2.45, 2.75) is 6.10 Å². The molecule has 0 bridgehead atoms. The van der Waals surface area contributed by atoms with Gasteiger partial charge in [-0.05, 0) is 28.5 Å². The molecule has 6 nitrogen and oxygen atoms in total. The number of fused-ring (bicyclic) bond motifs is 2. The summed E-state index contributed by atoms with van der Waals surface area (Å²) in [4.78, 5) is 8.62. The van der Waals surface area contributed by atoms with Gasteiger partial charge in [-0.3, -0.25) is 0 Å². The van der Waals surface area contributed by atoms with E-state index in [0.29, 0.717) is 23.9 Å². The van der Waals surface area contributed by atoms with Crippen molar-refractivity contribution in [1.82, 2.24) is 9.97 Å². The molecule has 3 aromatic carbocycles. The van der Waals surface area contributed by atoms with Crippen molar-refractivity contribution >= 4 is 27.5 Å². The van der Waals surface area contributed by atoms with Gasteiger partial charge in [0, 0.05) is 18.0 Å². The Morgan fingerprint density at radius 2 is 1.68 bits per heavy atom. The molecular weight excluding hydrogens is 354 g/mol. The molecule has 1 aromatic heterocycles. The van der Waals surface area contributed by atoms with Gasteiger partial charge in [-0.25, -0.2) is 9.97 Å². The minimum absolute atomic E-state index is 0.318. The van der Waals surface area contributed by atoms with Crippen LogP contribution in [0.4, 0.5) is 5.82 Å². The molecule has 1 atom stereocenters. The number of aromatic nitrogens is 2. The van der Waals surface area contributed by atoms with Crippen LogP contribution in [-0.4, -0.2) is 35.8 Å². The second-order valence-corrected chi connectivity index (χ2v) is 6.45. The SMILES string of the molecule is COc1cc2ncnc(NC[C@@H](O)c3ccc4ccccc4c3)c2cc1OC. The summed E-state index contributed by atoms with van der Waals surface area (Å²) in [6.45, 7) is 0.318. The molecule has 2 N–H and O–H groups in total.